The van der Waals surface area contributed by atoms with Crippen LogP contribution in [0.2, 0.25) is 29.2 Å². The van der Waals surface area contributed by atoms with E-state index in [2.05, 4.69) is 61.9 Å². The normalized spacial score (nSPS) is 15.1. The van der Waals surface area contributed by atoms with Gasteiger partial charge in [-0.15, -0.1) is 0 Å². The maximum absolute atomic E-state index is 13.7. The lowest BCUT2D eigenvalue weighted by atomic mass is 10.3. The second-order valence-electron chi connectivity index (χ2n) is 10.2. The first-order chi connectivity index (χ1) is 15.4. The van der Waals surface area contributed by atoms with Crippen LogP contribution in [0.5, 0.6) is 0 Å². The molecule has 0 N–H and O–H groups in total. The molecule has 0 aromatic heterocycles. The van der Waals surface area contributed by atoms with Gasteiger partial charge in [-0.3, -0.25) is 4.90 Å². The zero-order chi connectivity index (χ0) is 25.2. The third-order valence-corrected chi connectivity index (χ3v) is 15.8. The average molecular weight is 496 g/mol. The van der Waals surface area contributed by atoms with Crippen molar-refractivity contribution in [2.75, 3.05) is 18.1 Å². The maximum Gasteiger partial charge on any atom is 0.400 e. The molecule has 0 radical (unpaired) electrons. The zero-order valence-electron chi connectivity index (χ0n) is 22.8. The molecule has 0 heterocycles. The Hall–Kier alpha value is -1.16. The highest BCUT2D eigenvalue weighted by atomic mass is 28.4. The van der Waals surface area contributed by atoms with Crippen LogP contribution in [-0.2, 0) is 13.3 Å². The van der Waals surface area contributed by atoms with Crippen LogP contribution >= 0.6 is 0 Å². The quantitative estimate of drug-likeness (QED) is 0.244. The highest BCUT2D eigenvalue weighted by Crippen LogP contribution is 2.42. The van der Waals surface area contributed by atoms with Gasteiger partial charge in [0.1, 0.15) is 0 Å². The van der Waals surface area contributed by atoms with Crippen LogP contribution in [0.25, 0.3) is 0 Å². The lowest BCUT2D eigenvalue weighted by Crippen LogP contribution is -2.52. The molecule has 0 bridgehead atoms. The van der Waals surface area contributed by atoms with E-state index < -0.39 is 16.9 Å². The minimum atomic E-state index is -2.33. The smallest absolute Gasteiger partial charge is 0.400 e. The van der Waals surface area contributed by atoms with Crippen molar-refractivity contribution in [2.24, 2.45) is 0 Å². The van der Waals surface area contributed by atoms with Crippen molar-refractivity contribution in [1.29, 1.82) is 0 Å². The van der Waals surface area contributed by atoms with Crippen molar-refractivity contribution in [3.8, 4) is 0 Å². The van der Waals surface area contributed by atoms with Crippen molar-refractivity contribution in [3.63, 3.8) is 0 Å². The Balaban J connectivity index is 3.11. The third-order valence-electron chi connectivity index (χ3n) is 6.75. The maximum atomic E-state index is 13.7. The summed E-state index contributed by atoms with van der Waals surface area (Å²) in [5.41, 5.74) is 1.91. The van der Waals surface area contributed by atoms with Crippen LogP contribution in [0, 0.1) is 0 Å². The van der Waals surface area contributed by atoms with Gasteiger partial charge in [-0.1, -0.05) is 66.7 Å². The fourth-order valence-corrected chi connectivity index (χ4v) is 12.9. The van der Waals surface area contributed by atoms with Gasteiger partial charge in [-0.2, -0.15) is 0 Å². The van der Waals surface area contributed by atoms with Gasteiger partial charge in [0.15, 0.2) is 0 Å². The predicted octanol–water partition coefficient (Wildman–Crippen LogP) is 8.12. The summed E-state index contributed by atoms with van der Waals surface area (Å²) >= 11 is 0. The molecule has 5 nitrogen and oxygen atoms in total. The fourth-order valence-electron chi connectivity index (χ4n) is 5.03. The van der Waals surface area contributed by atoms with Gasteiger partial charge in [0, 0.05) is 24.9 Å². The number of hydrogen-bond donors (Lipinski definition) is 0. The van der Waals surface area contributed by atoms with Crippen molar-refractivity contribution in [1.82, 2.24) is 0 Å². The molecule has 7 heteroatoms. The first kappa shape index (κ1) is 29.9. The molecule has 1 rings (SSSR count). The fraction of sp³-hybridized carbons (Fsp3) is 0.731. The number of anilines is 1. The summed E-state index contributed by atoms with van der Waals surface area (Å²) in [5.74, 6) is 0. The Bertz CT molecular complexity index is 677. The van der Waals surface area contributed by atoms with Crippen LogP contribution in [0.4, 0.5) is 10.5 Å². The summed E-state index contributed by atoms with van der Waals surface area (Å²) in [6, 6.07) is 10.7. The molecule has 1 aromatic carbocycles. The highest BCUT2D eigenvalue weighted by molar-refractivity contribution is 6.79. The lowest BCUT2D eigenvalue weighted by Gasteiger charge is -2.42. The monoisotopic (exact) mass is 495 g/mol. The van der Waals surface area contributed by atoms with E-state index in [1.807, 2.05) is 42.2 Å². The molecule has 0 aliphatic rings. The average Bonchev–Trinajstić information content (AvgIpc) is 2.74. The summed E-state index contributed by atoms with van der Waals surface area (Å²) in [5, 5.41) is 0. The Morgan fingerprint density at radius 2 is 1.48 bits per heavy atom. The topological polar surface area (TPSA) is 48.0 Å². The summed E-state index contributed by atoms with van der Waals surface area (Å²) in [6.07, 6.45) is 1.73. The summed E-state index contributed by atoms with van der Waals surface area (Å²) in [6.45, 7) is 22.9. The van der Waals surface area contributed by atoms with E-state index in [4.69, 9.17) is 13.3 Å². The molecule has 1 amide bonds. The first-order valence-electron chi connectivity index (χ1n) is 12.8. The Kier molecular flexibility index (Phi) is 12.4. The van der Waals surface area contributed by atoms with Crippen molar-refractivity contribution in [3.05, 3.63) is 30.3 Å². The number of nitrogens with zero attached hydrogens (tertiary/aromatic N) is 1. The molecule has 0 saturated carbocycles. The van der Waals surface area contributed by atoms with Gasteiger partial charge in [0.25, 0.3) is 8.32 Å². The van der Waals surface area contributed by atoms with Gasteiger partial charge in [-0.25, -0.2) is 4.79 Å². The SMILES string of the molecule is CCO[Si](C)(CCCN(C(=O)O[Si](C(C)C)(C(C)C)C(C)C)c1ccccc1)OC(C)CC. The van der Waals surface area contributed by atoms with Crippen LogP contribution in [-0.4, -0.2) is 42.2 Å². The number of rotatable bonds is 14. The Morgan fingerprint density at radius 3 is 1.94 bits per heavy atom. The molecule has 1 aromatic rings. The molecule has 190 valence electrons. The van der Waals surface area contributed by atoms with E-state index in [1.165, 1.54) is 0 Å². The minimum Gasteiger partial charge on any atom is -0.502 e. The molecule has 2 unspecified atom stereocenters. The predicted molar refractivity (Wildman–Crippen MR) is 145 cm³/mol. The van der Waals surface area contributed by atoms with E-state index >= 15 is 0 Å². The van der Waals surface area contributed by atoms with E-state index in [1.54, 1.807) is 0 Å². The summed E-state index contributed by atoms with van der Waals surface area (Å²) in [7, 11) is -4.64. The molecule has 33 heavy (non-hydrogen) atoms. The number of carbonyl (C=O) groups is 1. The number of benzene rings is 1. The third kappa shape index (κ3) is 8.23. The first-order valence-corrected chi connectivity index (χ1v) is 17.5. The van der Waals surface area contributed by atoms with E-state index in [9.17, 15) is 4.79 Å². The number of carbonyl (C=O) groups excluding carboxylic acids is 1. The molecule has 0 aliphatic carbocycles. The van der Waals surface area contributed by atoms with Crippen LogP contribution < -0.4 is 4.90 Å². The van der Waals surface area contributed by atoms with Crippen LogP contribution in [0.15, 0.2) is 30.3 Å². The van der Waals surface area contributed by atoms with Gasteiger partial charge in [0.05, 0.1) is 0 Å². The molecular weight excluding hydrogens is 446 g/mol. The second kappa shape index (κ2) is 13.7. The largest absolute Gasteiger partial charge is 0.502 e. The van der Waals surface area contributed by atoms with Gasteiger partial charge in [-0.05, 0) is 68.0 Å². The van der Waals surface area contributed by atoms with Crippen LogP contribution in [0.1, 0.15) is 75.2 Å². The molecular formula is C26H49NO4Si2. The van der Waals surface area contributed by atoms with Crippen molar-refractivity contribution in [2.45, 2.75) is 110 Å². The molecule has 0 fully saturated rings. The highest BCUT2D eigenvalue weighted by Gasteiger charge is 2.49. The number of hydrogen-bond acceptors (Lipinski definition) is 4. The van der Waals surface area contributed by atoms with Gasteiger partial charge >= 0.3 is 14.7 Å². The Labute approximate surface area is 205 Å². The number of amides is 1. The van der Waals surface area contributed by atoms with Crippen molar-refractivity contribution < 1.29 is 18.1 Å². The molecule has 2 atom stereocenters. The zero-order valence-corrected chi connectivity index (χ0v) is 24.8. The molecule has 0 saturated heterocycles. The van der Waals surface area contributed by atoms with Crippen LogP contribution in [0.3, 0.4) is 0 Å². The minimum absolute atomic E-state index is 0.179. The van der Waals surface area contributed by atoms with Gasteiger partial charge < -0.3 is 13.3 Å². The lowest BCUT2D eigenvalue weighted by molar-refractivity contribution is 0.127. The van der Waals surface area contributed by atoms with E-state index in [0.717, 1.165) is 24.6 Å². The van der Waals surface area contributed by atoms with Crippen molar-refractivity contribution >= 4 is 28.7 Å². The van der Waals surface area contributed by atoms with E-state index in [-0.39, 0.29) is 12.2 Å². The van der Waals surface area contributed by atoms with E-state index in [0.29, 0.717) is 29.8 Å². The summed E-state index contributed by atoms with van der Waals surface area (Å²) < 4.78 is 19.0. The second-order valence-corrected chi connectivity index (χ2v) is 18.8. The molecule has 0 spiro atoms. The van der Waals surface area contributed by atoms with Gasteiger partial charge in [0.2, 0.25) is 0 Å². The summed E-state index contributed by atoms with van der Waals surface area (Å²) in [4.78, 5) is 15.5. The Morgan fingerprint density at radius 1 is 0.939 bits per heavy atom. The molecule has 0 aliphatic heterocycles. The standard InChI is InChI=1S/C26H49NO4Si2/c1-11-24(9)30-32(10,29-12-2)20-16-19-27(25-17-14-13-15-18-25)26(28)31-33(21(3)4,22(5)6)23(7)8/h13-15,17-18,21-24H,11-12,16,19-20H2,1-10H3. The number of para-hydroxylation sites is 1.